The third-order valence-electron chi connectivity index (χ3n) is 5.41. The number of carbonyl (C=O) groups excluding carboxylic acids is 1. The van der Waals surface area contributed by atoms with E-state index in [1.165, 1.54) is 12.8 Å². The molecule has 2 aliphatic rings. The maximum atomic E-state index is 12.7. The molecule has 0 bridgehead atoms. The van der Waals surface area contributed by atoms with Crippen LogP contribution in [0.2, 0.25) is 0 Å². The molecule has 2 N–H and O–H groups in total. The van der Waals surface area contributed by atoms with Crippen LogP contribution >= 0.6 is 0 Å². The molecule has 0 saturated carbocycles. The van der Waals surface area contributed by atoms with Crippen molar-refractivity contribution in [2.75, 3.05) is 31.1 Å². The van der Waals surface area contributed by atoms with Crippen LogP contribution in [0.25, 0.3) is 0 Å². The minimum Gasteiger partial charge on any atom is -0.357 e. The number of carbonyl (C=O) groups is 1. The summed E-state index contributed by atoms with van der Waals surface area (Å²) < 4.78 is 1.79. The minimum atomic E-state index is -0.0592. The Kier molecular flexibility index (Phi) is 4.88. The lowest BCUT2D eigenvalue weighted by atomic mass is 9.90. The Morgan fingerprint density at radius 3 is 2.81 bits per heavy atom. The molecule has 138 valence electrons. The van der Waals surface area contributed by atoms with Gasteiger partial charge in [-0.3, -0.25) is 9.48 Å². The summed E-state index contributed by atoms with van der Waals surface area (Å²) in [7, 11) is 1.90. The van der Waals surface area contributed by atoms with Gasteiger partial charge in [0.2, 0.25) is 5.91 Å². The molecular weight excluding hydrogens is 328 g/mol. The van der Waals surface area contributed by atoms with Gasteiger partial charge in [0.1, 0.15) is 5.82 Å². The fraction of sp³-hybridized carbons (Fsp3) is 0.526. The number of hydrogen-bond donors (Lipinski definition) is 2. The molecule has 4 rings (SSSR count). The summed E-state index contributed by atoms with van der Waals surface area (Å²) in [5.74, 6) is 1.25. The Labute approximate surface area is 153 Å². The Morgan fingerprint density at radius 1 is 1.27 bits per heavy atom. The van der Waals surface area contributed by atoms with Crippen molar-refractivity contribution in [3.8, 4) is 0 Å². The molecular formula is C19H26N6O. The van der Waals surface area contributed by atoms with E-state index >= 15 is 0 Å². The van der Waals surface area contributed by atoms with E-state index in [0.29, 0.717) is 13.1 Å². The predicted octanol–water partition coefficient (Wildman–Crippen LogP) is 1.03. The van der Waals surface area contributed by atoms with Gasteiger partial charge in [0.15, 0.2) is 0 Å². The van der Waals surface area contributed by atoms with Gasteiger partial charge in [0.05, 0.1) is 12.1 Å². The average Bonchev–Trinajstić information content (AvgIpc) is 3.40. The van der Waals surface area contributed by atoms with Crippen LogP contribution in [0.5, 0.6) is 0 Å². The zero-order chi connectivity index (χ0) is 17.9. The van der Waals surface area contributed by atoms with Crippen LogP contribution in [0.1, 0.15) is 29.9 Å². The van der Waals surface area contributed by atoms with Crippen LogP contribution in [-0.4, -0.2) is 46.9 Å². The van der Waals surface area contributed by atoms with Gasteiger partial charge in [-0.15, -0.1) is 0 Å². The normalized spacial score (nSPS) is 22.7. The molecule has 26 heavy (non-hydrogen) atoms. The number of pyridine rings is 1. The number of hydrogen-bond acceptors (Lipinski definition) is 5. The highest BCUT2D eigenvalue weighted by Gasteiger charge is 2.34. The van der Waals surface area contributed by atoms with Gasteiger partial charge >= 0.3 is 0 Å². The van der Waals surface area contributed by atoms with E-state index in [9.17, 15) is 4.79 Å². The highest BCUT2D eigenvalue weighted by molar-refractivity contribution is 5.80. The Hall–Kier alpha value is -2.41. The van der Waals surface area contributed by atoms with Crippen molar-refractivity contribution in [3.63, 3.8) is 0 Å². The lowest BCUT2D eigenvalue weighted by Crippen LogP contribution is -2.34. The molecule has 1 amide bonds. The van der Waals surface area contributed by atoms with Gasteiger partial charge in [-0.1, -0.05) is 6.07 Å². The topological polar surface area (TPSA) is 75.1 Å². The summed E-state index contributed by atoms with van der Waals surface area (Å²) in [5.41, 5.74) is 2.15. The summed E-state index contributed by atoms with van der Waals surface area (Å²) in [6, 6.07) is 4.12. The summed E-state index contributed by atoms with van der Waals surface area (Å²) in [5, 5.41) is 10.6. The SMILES string of the molecule is Cn1cc([C@H]2CNC[C@@H]2C(=O)NCc2ccc(N3CCCC3)nc2)cn1. The largest absolute Gasteiger partial charge is 0.357 e. The van der Waals surface area contributed by atoms with Crippen molar-refractivity contribution in [2.24, 2.45) is 13.0 Å². The predicted molar refractivity (Wildman–Crippen MR) is 99.8 cm³/mol. The second-order valence-corrected chi connectivity index (χ2v) is 7.26. The number of rotatable bonds is 5. The van der Waals surface area contributed by atoms with E-state index in [1.54, 1.807) is 4.68 Å². The molecule has 7 nitrogen and oxygen atoms in total. The minimum absolute atomic E-state index is 0.0592. The number of aromatic nitrogens is 3. The molecule has 7 heteroatoms. The van der Waals surface area contributed by atoms with Crippen molar-refractivity contribution in [3.05, 3.63) is 41.9 Å². The third kappa shape index (κ3) is 3.58. The lowest BCUT2D eigenvalue weighted by molar-refractivity contribution is -0.125. The highest BCUT2D eigenvalue weighted by atomic mass is 16.1. The summed E-state index contributed by atoms with van der Waals surface area (Å²) in [6.45, 7) is 4.22. The molecule has 4 heterocycles. The van der Waals surface area contributed by atoms with Crippen LogP contribution in [0.3, 0.4) is 0 Å². The Balaban J connectivity index is 1.34. The van der Waals surface area contributed by atoms with E-state index in [1.807, 2.05) is 25.6 Å². The van der Waals surface area contributed by atoms with E-state index in [0.717, 1.165) is 36.6 Å². The molecule has 0 aromatic carbocycles. The number of aryl methyl sites for hydroxylation is 1. The van der Waals surface area contributed by atoms with Gasteiger partial charge in [-0.25, -0.2) is 4.98 Å². The molecule has 2 aromatic rings. The van der Waals surface area contributed by atoms with Crippen LogP contribution in [0.4, 0.5) is 5.82 Å². The zero-order valence-corrected chi connectivity index (χ0v) is 15.2. The van der Waals surface area contributed by atoms with E-state index < -0.39 is 0 Å². The summed E-state index contributed by atoms with van der Waals surface area (Å²) in [6.07, 6.45) is 8.22. The van der Waals surface area contributed by atoms with Gasteiger partial charge in [-0.2, -0.15) is 5.10 Å². The second-order valence-electron chi connectivity index (χ2n) is 7.26. The van der Waals surface area contributed by atoms with E-state index in [-0.39, 0.29) is 17.7 Å². The molecule has 0 unspecified atom stereocenters. The molecule has 2 saturated heterocycles. The standard InChI is InChI=1S/C19H26N6O/c1-24-13-15(10-23-24)16-11-20-12-17(16)19(26)22-9-14-4-5-18(21-8-14)25-6-2-3-7-25/h4-5,8,10,13,16-17,20H,2-3,6-7,9,11-12H2,1H3,(H,22,26)/t16-,17+/m1/s1. The van der Waals surface area contributed by atoms with Gasteiger partial charge in [0, 0.05) is 58.1 Å². The van der Waals surface area contributed by atoms with E-state index in [4.69, 9.17) is 0 Å². The van der Waals surface area contributed by atoms with Crippen LogP contribution < -0.4 is 15.5 Å². The van der Waals surface area contributed by atoms with Crippen molar-refractivity contribution in [1.29, 1.82) is 0 Å². The van der Waals surface area contributed by atoms with Crippen LogP contribution in [0, 0.1) is 5.92 Å². The highest BCUT2D eigenvalue weighted by Crippen LogP contribution is 2.28. The fourth-order valence-electron chi connectivity index (χ4n) is 3.91. The fourth-order valence-corrected chi connectivity index (χ4v) is 3.91. The smallest absolute Gasteiger partial charge is 0.225 e. The van der Waals surface area contributed by atoms with Crippen molar-refractivity contribution in [1.82, 2.24) is 25.4 Å². The molecule has 0 spiro atoms. The number of amides is 1. The third-order valence-corrected chi connectivity index (χ3v) is 5.41. The Bertz CT molecular complexity index is 750. The molecule has 2 fully saturated rings. The molecule has 0 radical (unpaired) electrons. The van der Waals surface area contributed by atoms with Crippen molar-refractivity contribution in [2.45, 2.75) is 25.3 Å². The van der Waals surface area contributed by atoms with Gasteiger partial charge in [-0.05, 0) is 30.0 Å². The number of nitrogens with zero attached hydrogens (tertiary/aromatic N) is 4. The first kappa shape index (κ1) is 17.0. The number of anilines is 1. The molecule has 2 aliphatic heterocycles. The first-order chi connectivity index (χ1) is 12.7. The Morgan fingerprint density at radius 2 is 2.12 bits per heavy atom. The lowest BCUT2D eigenvalue weighted by Gasteiger charge is -2.18. The maximum absolute atomic E-state index is 12.7. The quantitative estimate of drug-likeness (QED) is 0.839. The molecule has 0 aliphatic carbocycles. The molecule has 2 aromatic heterocycles. The zero-order valence-electron chi connectivity index (χ0n) is 15.2. The molecule has 2 atom stereocenters. The maximum Gasteiger partial charge on any atom is 0.225 e. The monoisotopic (exact) mass is 354 g/mol. The summed E-state index contributed by atoms with van der Waals surface area (Å²) in [4.78, 5) is 19.5. The van der Waals surface area contributed by atoms with Crippen LogP contribution in [0.15, 0.2) is 30.7 Å². The average molecular weight is 354 g/mol. The van der Waals surface area contributed by atoms with E-state index in [2.05, 4.69) is 37.7 Å². The van der Waals surface area contributed by atoms with Crippen molar-refractivity contribution >= 4 is 11.7 Å². The van der Waals surface area contributed by atoms with Crippen LogP contribution in [-0.2, 0) is 18.4 Å². The number of nitrogens with one attached hydrogen (secondary N) is 2. The first-order valence-corrected chi connectivity index (χ1v) is 9.37. The first-order valence-electron chi connectivity index (χ1n) is 9.37. The summed E-state index contributed by atoms with van der Waals surface area (Å²) >= 11 is 0. The van der Waals surface area contributed by atoms with Gasteiger partial charge < -0.3 is 15.5 Å². The van der Waals surface area contributed by atoms with Gasteiger partial charge in [0.25, 0.3) is 0 Å². The second kappa shape index (κ2) is 7.45. The van der Waals surface area contributed by atoms with Crippen molar-refractivity contribution < 1.29 is 4.79 Å².